The molecule has 1 spiro atoms. The van der Waals surface area contributed by atoms with Crippen LogP contribution in [0.5, 0.6) is 0 Å². The molecule has 6 nitrogen and oxygen atoms in total. The molecule has 1 amide bonds. The van der Waals surface area contributed by atoms with Crippen molar-refractivity contribution in [1.29, 1.82) is 0 Å². The van der Waals surface area contributed by atoms with Gasteiger partial charge in [-0.25, -0.2) is 0 Å². The Morgan fingerprint density at radius 1 is 1.37 bits per heavy atom. The van der Waals surface area contributed by atoms with E-state index in [2.05, 4.69) is 10.1 Å². The van der Waals surface area contributed by atoms with Crippen molar-refractivity contribution in [2.45, 2.75) is 51.2 Å². The SMILES string of the molecule is CC(=O)N1CCC2(CCC(c3nc(C)no3)O2)CC1. The summed E-state index contributed by atoms with van der Waals surface area (Å²) in [5.74, 6) is 1.38. The van der Waals surface area contributed by atoms with Gasteiger partial charge in [0.15, 0.2) is 5.82 Å². The molecular formula is C13H19N3O3. The van der Waals surface area contributed by atoms with E-state index >= 15 is 0 Å². The van der Waals surface area contributed by atoms with E-state index in [0.29, 0.717) is 11.7 Å². The van der Waals surface area contributed by atoms with Gasteiger partial charge in [-0.2, -0.15) is 4.98 Å². The molecule has 0 N–H and O–H groups in total. The number of carbonyl (C=O) groups excluding carboxylic acids is 1. The first-order chi connectivity index (χ1) is 9.08. The number of aryl methyl sites for hydroxylation is 1. The molecule has 2 saturated heterocycles. The summed E-state index contributed by atoms with van der Waals surface area (Å²) in [6.45, 7) is 5.00. The average molecular weight is 265 g/mol. The quantitative estimate of drug-likeness (QED) is 0.771. The van der Waals surface area contributed by atoms with Crippen molar-refractivity contribution in [2.24, 2.45) is 0 Å². The van der Waals surface area contributed by atoms with Gasteiger partial charge in [0.25, 0.3) is 5.89 Å². The summed E-state index contributed by atoms with van der Waals surface area (Å²) in [6.07, 6.45) is 3.64. The highest BCUT2D eigenvalue weighted by Gasteiger charge is 2.44. The van der Waals surface area contributed by atoms with Gasteiger partial charge in [0, 0.05) is 20.0 Å². The van der Waals surface area contributed by atoms with Crippen molar-refractivity contribution < 1.29 is 14.1 Å². The van der Waals surface area contributed by atoms with E-state index in [-0.39, 0.29) is 17.6 Å². The normalized spacial score (nSPS) is 26.0. The van der Waals surface area contributed by atoms with Gasteiger partial charge in [0.2, 0.25) is 5.91 Å². The highest BCUT2D eigenvalue weighted by Crippen LogP contribution is 2.44. The molecule has 2 aliphatic rings. The maximum Gasteiger partial charge on any atom is 0.255 e. The van der Waals surface area contributed by atoms with E-state index in [1.165, 1.54) is 0 Å². The molecular weight excluding hydrogens is 246 g/mol. The summed E-state index contributed by atoms with van der Waals surface area (Å²) in [5.41, 5.74) is -0.0982. The second-order valence-corrected chi connectivity index (χ2v) is 5.51. The predicted molar refractivity (Wildman–Crippen MR) is 66.3 cm³/mol. The Kier molecular flexibility index (Phi) is 3.05. The van der Waals surface area contributed by atoms with Crippen LogP contribution in [0.15, 0.2) is 4.52 Å². The Morgan fingerprint density at radius 3 is 2.68 bits per heavy atom. The molecule has 2 fully saturated rings. The second-order valence-electron chi connectivity index (χ2n) is 5.51. The largest absolute Gasteiger partial charge is 0.362 e. The number of carbonyl (C=O) groups is 1. The van der Waals surface area contributed by atoms with Crippen LogP contribution in [-0.4, -0.2) is 39.6 Å². The lowest BCUT2D eigenvalue weighted by atomic mass is 9.88. The van der Waals surface area contributed by atoms with Crippen molar-refractivity contribution >= 4 is 5.91 Å². The number of ether oxygens (including phenoxy) is 1. The van der Waals surface area contributed by atoms with Crippen LogP contribution >= 0.6 is 0 Å². The Bertz CT molecular complexity index is 477. The highest BCUT2D eigenvalue weighted by atomic mass is 16.5. The zero-order valence-electron chi connectivity index (χ0n) is 11.4. The highest BCUT2D eigenvalue weighted by molar-refractivity contribution is 5.73. The standard InChI is InChI=1S/C13H19N3O3/c1-9-14-12(19-15-9)11-3-4-13(18-11)5-7-16(8-6-13)10(2)17/h11H,3-8H2,1-2H3. The molecule has 0 aliphatic carbocycles. The smallest absolute Gasteiger partial charge is 0.255 e. The fraction of sp³-hybridized carbons (Fsp3) is 0.769. The lowest BCUT2D eigenvalue weighted by Crippen LogP contribution is -2.45. The van der Waals surface area contributed by atoms with Crippen molar-refractivity contribution in [3.05, 3.63) is 11.7 Å². The Balaban J connectivity index is 1.64. The minimum absolute atomic E-state index is 0.0786. The van der Waals surface area contributed by atoms with Crippen molar-refractivity contribution in [3.63, 3.8) is 0 Å². The Morgan fingerprint density at radius 2 is 2.11 bits per heavy atom. The molecule has 3 heterocycles. The minimum atomic E-state index is -0.0982. The maximum absolute atomic E-state index is 11.3. The van der Waals surface area contributed by atoms with Gasteiger partial charge in [0.1, 0.15) is 6.10 Å². The maximum atomic E-state index is 11.3. The van der Waals surface area contributed by atoms with Crippen LogP contribution in [0.2, 0.25) is 0 Å². The first-order valence-corrected chi connectivity index (χ1v) is 6.82. The molecule has 1 aromatic heterocycles. The first kappa shape index (κ1) is 12.6. The van der Waals surface area contributed by atoms with Gasteiger partial charge < -0.3 is 14.2 Å². The number of likely N-dealkylation sites (tertiary alicyclic amines) is 1. The zero-order chi connectivity index (χ0) is 13.5. The number of aromatic nitrogens is 2. The molecule has 0 bridgehead atoms. The second kappa shape index (κ2) is 4.59. The lowest BCUT2D eigenvalue weighted by molar-refractivity contribution is -0.136. The molecule has 0 radical (unpaired) electrons. The number of hydrogen-bond acceptors (Lipinski definition) is 5. The third kappa shape index (κ3) is 2.36. The molecule has 0 aromatic carbocycles. The van der Waals surface area contributed by atoms with E-state index in [4.69, 9.17) is 9.26 Å². The topological polar surface area (TPSA) is 68.5 Å². The van der Waals surface area contributed by atoms with Crippen LogP contribution in [0.25, 0.3) is 0 Å². The molecule has 104 valence electrons. The number of rotatable bonds is 1. The molecule has 2 aliphatic heterocycles. The molecule has 0 saturated carbocycles. The van der Waals surface area contributed by atoms with Gasteiger partial charge in [-0.15, -0.1) is 0 Å². The third-order valence-corrected chi connectivity index (χ3v) is 4.19. The third-order valence-electron chi connectivity index (χ3n) is 4.19. The molecule has 19 heavy (non-hydrogen) atoms. The zero-order valence-corrected chi connectivity index (χ0v) is 11.4. The number of piperidine rings is 1. The number of amides is 1. The van der Waals surface area contributed by atoms with Crippen LogP contribution in [0.3, 0.4) is 0 Å². The van der Waals surface area contributed by atoms with E-state index in [0.717, 1.165) is 38.8 Å². The summed E-state index contributed by atoms with van der Waals surface area (Å²) < 4.78 is 11.4. The lowest BCUT2D eigenvalue weighted by Gasteiger charge is -2.38. The van der Waals surface area contributed by atoms with E-state index in [1.54, 1.807) is 6.92 Å². The molecule has 1 unspecified atom stereocenters. The van der Waals surface area contributed by atoms with Crippen LogP contribution in [-0.2, 0) is 9.53 Å². The van der Waals surface area contributed by atoms with Gasteiger partial charge >= 0.3 is 0 Å². The van der Waals surface area contributed by atoms with Crippen molar-refractivity contribution in [2.75, 3.05) is 13.1 Å². The molecule has 3 rings (SSSR count). The van der Waals surface area contributed by atoms with Crippen LogP contribution in [0.4, 0.5) is 0 Å². The first-order valence-electron chi connectivity index (χ1n) is 6.82. The number of hydrogen-bond donors (Lipinski definition) is 0. The van der Waals surface area contributed by atoms with Crippen LogP contribution < -0.4 is 0 Å². The van der Waals surface area contributed by atoms with Crippen LogP contribution in [0, 0.1) is 6.92 Å². The van der Waals surface area contributed by atoms with Crippen molar-refractivity contribution in [3.8, 4) is 0 Å². The molecule has 6 heteroatoms. The summed E-state index contributed by atoms with van der Waals surface area (Å²) in [7, 11) is 0. The fourth-order valence-electron chi connectivity index (χ4n) is 3.03. The van der Waals surface area contributed by atoms with E-state index in [9.17, 15) is 4.79 Å². The summed E-state index contributed by atoms with van der Waals surface area (Å²) >= 11 is 0. The molecule has 1 aromatic rings. The Hall–Kier alpha value is -1.43. The fourth-order valence-corrected chi connectivity index (χ4v) is 3.03. The van der Waals surface area contributed by atoms with Crippen LogP contribution in [0.1, 0.15) is 50.4 Å². The monoisotopic (exact) mass is 265 g/mol. The van der Waals surface area contributed by atoms with Gasteiger partial charge in [-0.1, -0.05) is 5.16 Å². The van der Waals surface area contributed by atoms with Gasteiger partial charge in [-0.3, -0.25) is 4.79 Å². The van der Waals surface area contributed by atoms with E-state index in [1.807, 2.05) is 11.8 Å². The summed E-state index contributed by atoms with van der Waals surface area (Å²) in [6, 6.07) is 0. The number of nitrogens with zero attached hydrogens (tertiary/aromatic N) is 3. The Labute approximate surface area is 112 Å². The average Bonchev–Trinajstić information content (AvgIpc) is 2.97. The summed E-state index contributed by atoms with van der Waals surface area (Å²) in [5, 5.41) is 3.81. The van der Waals surface area contributed by atoms with E-state index < -0.39 is 0 Å². The van der Waals surface area contributed by atoms with Crippen molar-refractivity contribution in [1.82, 2.24) is 15.0 Å². The van der Waals surface area contributed by atoms with Gasteiger partial charge in [0.05, 0.1) is 5.60 Å². The minimum Gasteiger partial charge on any atom is -0.362 e. The predicted octanol–water partition coefficient (Wildman–Crippen LogP) is 1.61. The molecule has 1 atom stereocenters. The summed E-state index contributed by atoms with van der Waals surface area (Å²) in [4.78, 5) is 17.5. The van der Waals surface area contributed by atoms with Gasteiger partial charge in [-0.05, 0) is 32.6 Å².